The topological polar surface area (TPSA) is 112 Å². The zero-order valence-electron chi connectivity index (χ0n) is 17.4. The molecule has 1 N–H and O–H groups in total. The van der Waals surface area contributed by atoms with E-state index in [9.17, 15) is 19.2 Å². The zero-order chi connectivity index (χ0) is 22.7. The number of benzene rings is 1. The number of esters is 2. The van der Waals surface area contributed by atoms with Crippen molar-refractivity contribution in [1.29, 1.82) is 0 Å². The normalized spacial score (nSPS) is 10.9. The number of fused-ring (bicyclic) bond motifs is 1. The Morgan fingerprint density at radius 1 is 1.16 bits per heavy atom. The molecule has 0 saturated carbocycles. The van der Waals surface area contributed by atoms with Crippen molar-refractivity contribution < 1.29 is 28.3 Å². The number of ether oxygens (including phenoxy) is 2. The van der Waals surface area contributed by atoms with Crippen LogP contribution in [0.25, 0.3) is 11.0 Å². The lowest BCUT2D eigenvalue weighted by Gasteiger charge is -2.07. The predicted octanol–water partition coefficient (Wildman–Crippen LogP) is 4.16. The van der Waals surface area contributed by atoms with E-state index >= 15 is 0 Å². The molecule has 2 heterocycles. The maximum atomic E-state index is 12.8. The molecule has 0 atom stereocenters. The van der Waals surface area contributed by atoms with Crippen LogP contribution in [-0.4, -0.2) is 30.6 Å². The minimum Gasteiger partial charge on any atom is -0.462 e. The Labute approximate surface area is 181 Å². The number of hydrogen-bond acceptors (Lipinski definition) is 8. The summed E-state index contributed by atoms with van der Waals surface area (Å²) in [6.07, 6.45) is -0.361. The van der Waals surface area contributed by atoms with Crippen LogP contribution >= 0.6 is 11.3 Å². The van der Waals surface area contributed by atoms with Crippen molar-refractivity contribution in [2.24, 2.45) is 0 Å². The molecule has 0 aliphatic carbocycles. The largest absolute Gasteiger partial charge is 0.462 e. The van der Waals surface area contributed by atoms with Gasteiger partial charge in [-0.25, -0.2) is 14.4 Å². The van der Waals surface area contributed by atoms with Crippen molar-refractivity contribution in [2.75, 3.05) is 11.9 Å². The number of para-hydroxylation sites is 1. The molecule has 0 aliphatic heterocycles. The summed E-state index contributed by atoms with van der Waals surface area (Å²) >= 11 is 0.883. The van der Waals surface area contributed by atoms with E-state index in [4.69, 9.17) is 13.9 Å². The van der Waals surface area contributed by atoms with E-state index in [2.05, 4.69) is 5.32 Å². The summed E-state index contributed by atoms with van der Waals surface area (Å²) in [6, 6.07) is 8.19. The van der Waals surface area contributed by atoms with Crippen molar-refractivity contribution >= 4 is 45.2 Å². The average molecular weight is 443 g/mol. The minimum atomic E-state index is -0.818. The zero-order valence-corrected chi connectivity index (χ0v) is 18.3. The monoisotopic (exact) mass is 443 g/mol. The summed E-state index contributed by atoms with van der Waals surface area (Å²) in [5, 5.41) is 3.21. The molecule has 8 nitrogen and oxygen atoms in total. The summed E-state index contributed by atoms with van der Waals surface area (Å²) in [6.45, 7) is 6.73. The van der Waals surface area contributed by atoms with Gasteiger partial charge in [0.25, 0.3) is 5.91 Å². The number of nitrogens with one attached hydrogen (secondary N) is 1. The average Bonchev–Trinajstić information content (AvgIpc) is 3.03. The van der Waals surface area contributed by atoms with Gasteiger partial charge in [-0.3, -0.25) is 4.79 Å². The molecule has 3 rings (SSSR count). The number of carbonyl (C=O) groups excluding carboxylic acids is 3. The molecule has 0 aliphatic rings. The van der Waals surface area contributed by atoms with Crippen molar-refractivity contribution in [3.8, 4) is 0 Å². The van der Waals surface area contributed by atoms with Crippen LogP contribution in [0.1, 0.15) is 56.7 Å². The Morgan fingerprint density at radius 3 is 2.55 bits per heavy atom. The number of thiophene rings is 1. The summed E-state index contributed by atoms with van der Waals surface area (Å²) in [4.78, 5) is 50.3. The number of amides is 1. The van der Waals surface area contributed by atoms with Crippen LogP contribution < -0.4 is 10.9 Å². The molecule has 0 unspecified atom stereocenters. The lowest BCUT2D eigenvalue weighted by Crippen LogP contribution is -2.21. The van der Waals surface area contributed by atoms with Gasteiger partial charge < -0.3 is 19.2 Å². The fraction of sp³-hybridized carbons (Fsp3) is 0.273. The van der Waals surface area contributed by atoms with Crippen LogP contribution in [-0.2, 0) is 9.47 Å². The van der Waals surface area contributed by atoms with Gasteiger partial charge in [0.05, 0.1) is 18.3 Å². The van der Waals surface area contributed by atoms with Crippen LogP contribution in [0.2, 0.25) is 0 Å². The third-order valence-corrected chi connectivity index (χ3v) is 5.45. The van der Waals surface area contributed by atoms with Crippen LogP contribution in [0, 0.1) is 6.92 Å². The van der Waals surface area contributed by atoms with Gasteiger partial charge in [-0.1, -0.05) is 18.2 Å². The quantitative estimate of drug-likeness (QED) is 0.450. The van der Waals surface area contributed by atoms with E-state index in [1.165, 1.54) is 6.07 Å². The molecule has 0 spiro atoms. The molecule has 0 radical (unpaired) electrons. The summed E-state index contributed by atoms with van der Waals surface area (Å²) in [5.74, 6) is -2.08. The summed E-state index contributed by atoms with van der Waals surface area (Å²) in [7, 11) is 0. The molecule has 0 saturated heterocycles. The van der Waals surface area contributed by atoms with E-state index in [-0.39, 0.29) is 33.7 Å². The first-order chi connectivity index (χ1) is 14.7. The SMILES string of the molecule is CCOC(=O)c1c(NC(=O)c2cc3ccccc3oc2=O)sc(C(=O)OC(C)C)c1C. The van der Waals surface area contributed by atoms with E-state index in [1.54, 1.807) is 52.0 Å². The Bertz CT molecular complexity index is 1220. The Kier molecular flexibility index (Phi) is 6.55. The molecular formula is C22H21NO7S. The number of anilines is 1. The predicted molar refractivity (Wildman–Crippen MR) is 116 cm³/mol. The molecule has 31 heavy (non-hydrogen) atoms. The highest BCUT2D eigenvalue weighted by atomic mass is 32.1. The highest BCUT2D eigenvalue weighted by molar-refractivity contribution is 7.18. The first kappa shape index (κ1) is 22.2. The molecule has 9 heteroatoms. The standard InChI is InChI=1S/C22H21NO7S/c1-5-28-21(26)16-12(4)17(22(27)29-11(2)3)31-19(16)23-18(24)14-10-13-8-6-7-9-15(13)30-20(14)25/h6-11H,5H2,1-4H3,(H,23,24). The lowest BCUT2D eigenvalue weighted by atomic mass is 10.1. The Balaban J connectivity index is 2.02. The second kappa shape index (κ2) is 9.13. The van der Waals surface area contributed by atoms with Crippen LogP contribution in [0.4, 0.5) is 5.00 Å². The number of carbonyl (C=O) groups is 3. The second-order valence-corrected chi connectivity index (χ2v) is 7.89. The summed E-state index contributed by atoms with van der Waals surface area (Å²) in [5.41, 5.74) is -0.328. The van der Waals surface area contributed by atoms with Gasteiger partial charge in [0.1, 0.15) is 21.0 Å². The first-order valence-electron chi connectivity index (χ1n) is 9.58. The lowest BCUT2D eigenvalue weighted by molar-refractivity contribution is 0.0383. The highest BCUT2D eigenvalue weighted by Crippen LogP contribution is 2.34. The van der Waals surface area contributed by atoms with Crippen molar-refractivity contribution in [3.05, 3.63) is 62.3 Å². The molecule has 3 aromatic rings. The van der Waals surface area contributed by atoms with Crippen LogP contribution in [0.3, 0.4) is 0 Å². The molecule has 0 fully saturated rings. The minimum absolute atomic E-state index is 0.0427. The molecule has 0 bridgehead atoms. The maximum absolute atomic E-state index is 12.8. The smallest absolute Gasteiger partial charge is 0.349 e. The van der Waals surface area contributed by atoms with Gasteiger partial charge in [0.15, 0.2) is 0 Å². The van der Waals surface area contributed by atoms with Gasteiger partial charge in [-0.05, 0) is 45.4 Å². The van der Waals surface area contributed by atoms with Crippen molar-refractivity contribution in [3.63, 3.8) is 0 Å². The molecule has 2 aromatic heterocycles. The van der Waals surface area contributed by atoms with Crippen LogP contribution in [0.15, 0.2) is 39.5 Å². The highest BCUT2D eigenvalue weighted by Gasteiger charge is 2.28. The van der Waals surface area contributed by atoms with Gasteiger partial charge in [-0.15, -0.1) is 11.3 Å². The van der Waals surface area contributed by atoms with Gasteiger partial charge in [0.2, 0.25) is 0 Å². The van der Waals surface area contributed by atoms with Gasteiger partial charge in [0, 0.05) is 5.39 Å². The van der Waals surface area contributed by atoms with E-state index < -0.39 is 23.5 Å². The molecular weight excluding hydrogens is 422 g/mol. The molecule has 1 amide bonds. The van der Waals surface area contributed by atoms with E-state index in [0.29, 0.717) is 16.5 Å². The van der Waals surface area contributed by atoms with E-state index in [0.717, 1.165) is 11.3 Å². The van der Waals surface area contributed by atoms with Crippen molar-refractivity contribution in [2.45, 2.75) is 33.8 Å². The fourth-order valence-electron chi connectivity index (χ4n) is 2.90. The Morgan fingerprint density at radius 2 is 1.87 bits per heavy atom. The van der Waals surface area contributed by atoms with Gasteiger partial charge >= 0.3 is 17.6 Å². The third-order valence-electron chi connectivity index (χ3n) is 4.27. The van der Waals surface area contributed by atoms with E-state index in [1.807, 2.05) is 0 Å². The summed E-state index contributed by atoms with van der Waals surface area (Å²) < 4.78 is 15.5. The number of rotatable bonds is 6. The van der Waals surface area contributed by atoms with Crippen LogP contribution in [0.5, 0.6) is 0 Å². The van der Waals surface area contributed by atoms with Gasteiger partial charge in [-0.2, -0.15) is 0 Å². The Hall–Kier alpha value is -3.46. The second-order valence-electron chi connectivity index (χ2n) is 6.87. The molecule has 1 aromatic carbocycles. The maximum Gasteiger partial charge on any atom is 0.349 e. The first-order valence-corrected chi connectivity index (χ1v) is 10.4. The fourth-order valence-corrected chi connectivity index (χ4v) is 3.98. The number of hydrogen-bond donors (Lipinski definition) is 1. The van der Waals surface area contributed by atoms with Crippen molar-refractivity contribution in [1.82, 2.24) is 0 Å². The third kappa shape index (κ3) is 4.66. The molecule has 162 valence electrons.